The van der Waals surface area contributed by atoms with Gasteiger partial charge in [0.1, 0.15) is 11.1 Å². The van der Waals surface area contributed by atoms with E-state index in [1.165, 1.54) is 11.3 Å². The lowest BCUT2D eigenvalue weighted by Crippen LogP contribution is -2.32. The van der Waals surface area contributed by atoms with Gasteiger partial charge in [-0.1, -0.05) is 13.8 Å². The van der Waals surface area contributed by atoms with Gasteiger partial charge >= 0.3 is 0 Å². The van der Waals surface area contributed by atoms with Crippen molar-refractivity contribution in [1.29, 1.82) is 5.26 Å². The van der Waals surface area contributed by atoms with Crippen molar-refractivity contribution in [3.05, 3.63) is 17.0 Å². The standard InChI is InChI=1S/C10H13N3OS/c1-7(2)12-6-9(14)13-10-8(5-11)3-4-15-10/h3-4,7,12H,6H2,1-2H3,(H,13,14). The SMILES string of the molecule is CC(C)NCC(=O)Nc1sccc1C#N. The fourth-order valence-electron chi connectivity index (χ4n) is 0.962. The zero-order valence-electron chi connectivity index (χ0n) is 8.70. The van der Waals surface area contributed by atoms with Gasteiger partial charge < -0.3 is 10.6 Å². The molecule has 15 heavy (non-hydrogen) atoms. The number of carbonyl (C=O) groups is 1. The lowest BCUT2D eigenvalue weighted by atomic mass is 10.3. The monoisotopic (exact) mass is 223 g/mol. The van der Waals surface area contributed by atoms with Crippen molar-refractivity contribution in [1.82, 2.24) is 5.32 Å². The van der Waals surface area contributed by atoms with Crippen LogP contribution in [0.3, 0.4) is 0 Å². The number of hydrogen-bond acceptors (Lipinski definition) is 4. The molecule has 0 spiro atoms. The van der Waals surface area contributed by atoms with Crippen LogP contribution < -0.4 is 10.6 Å². The molecule has 0 atom stereocenters. The van der Waals surface area contributed by atoms with Crippen molar-refractivity contribution in [3.8, 4) is 6.07 Å². The molecule has 2 N–H and O–H groups in total. The van der Waals surface area contributed by atoms with Gasteiger partial charge in [0.15, 0.2) is 0 Å². The minimum atomic E-state index is -0.123. The summed E-state index contributed by atoms with van der Waals surface area (Å²) in [7, 11) is 0. The summed E-state index contributed by atoms with van der Waals surface area (Å²) >= 11 is 1.35. The number of amides is 1. The average Bonchev–Trinajstić information content (AvgIpc) is 2.62. The Bertz CT molecular complexity index is 378. The fraction of sp³-hybridized carbons (Fsp3) is 0.400. The highest BCUT2D eigenvalue weighted by atomic mass is 32.1. The summed E-state index contributed by atoms with van der Waals surface area (Å²) in [4.78, 5) is 11.4. The van der Waals surface area contributed by atoms with E-state index in [0.717, 1.165) is 0 Å². The summed E-state index contributed by atoms with van der Waals surface area (Å²) in [6.45, 7) is 4.21. The molecule has 1 heterocycles. The van der Waals surface area contributed by atoms with Gasteiger partial charge in [-0.2, -0.15) is 5.26 Å². The Morgan fingerprint density at radius 1 is 1.67 bits per heavy atom. The maximum Gasteiger partial charge on any atom is 0.238 e. The van der Waals surface area contributed by atoms with Crippen molar-refractivity contribution < 1.29 is 4.79 Å². The lowest BCUT2D eigenvalue weighted by molar-refractivity contribution is -0.115. The number of nitrogens with one attached hydrogen (secondary N) is 2. The third-order valence-electron chi connectivity index (χ3n) is 1.71. The molecule has 1 aromatic rings. The molecule has 1 rings (SSSR count). The van der Waals surface area contributed by atoms with E-state index in [1.54, 1.807) is 11.4 Å². The first kappa shape index (κ1) is 11.7. The van der Waals surface area contributed by atoms with Crippen molar-refractivity contribution >= 4 is 22.2 Å². The van der Waals surface area contributed by atoms with Gasteiger partial charge in [0.25, 0.3) is 0 Å². The van der Waals surface area contributed by atoms with Gasteiger partial charge in [0.2, 0.25) is 5.91 Å². The summed E-state index contributed by atoms with van der Waals surface area (Å²) in [5.74, 6) is -0.123. The number of nitrogens with zero attached hydrogens (tertiary/aromatic N) is 1. The average molecular weight is 223 g/mol. The second-order valence-electron chi connectivity index (χ2n) is 3.36. The molecule has 0 fully saturated rings. The Kier molecular flexibility index (Phi) is 4.28. The van der Waals surface area contributed by atoms with Crippen molar-refractivity contribution in [2.75, 3.05) is 11.9 Å². The summed E-state index contributed by atoms with van der Waals surface area (Å²) in [6.07, 6.45) is 0. The Balaban J connectivity index is 2.49. The zero-order valence-corrected chi connectivity index (χ0v) is 9.52. The molecule has 0 saturated heterocycles. The van der Waals surface area contributed by atoms with Crippen molar-refractivity contribution in [2.24, 2.45) is 0 Å². The van der Waals surface area contributed by atoms with Gasteiger partial charge in [-0.25, -0.2) is 0 Å². The molecule has 0 saturated carbocycles. The second kappa shape index (κ2) is 5.49. The Morgan fingerprint density at radius 2 is 2.40 bits per heavy atom. The minimum Gasteiger partial charge on any atom is -0.315 e. The van der Waals surface area contributed by atoms with Crippen LogP contribution in [-0.4, -0.2) is 18.5 Å². The van der Waals surface area contributed by atoms with E-state index in [1.807, 2.05) is 19.9 Å². The fourth-order valence-corrected chi connectivity index (χ4v) is 1.72. The highest BCUT2D eigenvalue weighted by Gasteiger charge is 2.07. The smallest absolute Gasteiger partial charge is 0.238 e. The van der Waals surface area contributed by atoms with Crippen LogP contribution in [0.4, 0.5) is 5.00 Å². The molecule has 0 radical (unpaired) electrons. The maximum absolute atomic E-state index is 11.4. The minimum absolute atomic E-state index is 0.123. The van der Waals surface area contributed by atoms with Gasteiger partial charge in [0, 0.05) is 6.04 Å². The normalized spacial score (nSPS) is 10.0. The second-order valence-corrected chi connectivity index (χ2v) is 4.28. The number of thiophene rings is 1. The molecule has 80 valence electrons. The molecule has 1 aromatic heterocycles. The molecule has 0 bridgehead atoms. The maximum atomic E-state index is 11.4. The predicted octanol–water partition coefficient (Wildman–Crippen LogP) is 1.56. The van der Waals surface area contributed by atoms with Crippen LogP contribution in [0.1, 0.15) is 19.4 Å². The molecule has 4 nitrogen and oxygen atoms in total. The largest absolute Gasteiger partial charge is 0.315 e. The van der Waals surface area contributed by atoms with E-state index in [9.17, 15) is 4.79 Å². The molecule has 0 aliphatic carbocycles. The van der Waals surface area contributed by atoms with Crippen LogP contribution in [0, 0.1) is 11.3 Å². The summed E-state index contributed by atoms with van der Waals surface area (Å²) in [5, 5.41) is 16.8. The highest BCUT2D eigenvalue weighted by molar-refractivity contribution is 7.14. The number of carbonyl (C=O) groups excluding carboxylic acids is 1. The topological polar surface area (TPSA) is 64.9 Å². The molecular formula is C10H13N3OS. The van der Waals surface area contributed by atoms with E-state index < -0.39 is 0 Å². The third kappa shape index (κ3) is 3.70. The van der Waals surface area contributed by atoms with Crippen molar-refractivity contribution in [3.63, 3.8) is 0 Å². The number of anilines is 1. The molecule has 0 aromatic carbocycles. The van der Waals surface area contributed by atoms with E-state index in [0.29, 0.717) is 10.6 Å². The van der Waals surface area contributed by atoms with Crippen LogP contribution >= 0.6 is 11.3 Å². The van der Waals surface area contributed by atoms with Gasteiger partial charge in [-0.15, -0.1) is 11.3 Å². The van der Waals surface area contributed by atoms with Crippen molar-refractivity contribution in [2.45, 2.75) is 19.9 Å². The molecular weight excluding hydrogens is 210 g/mol. The van der Waals surface area contributed by atoms with Gasteiger partial charge in [-0.05, 0) is 11.4 Å². The first-order valence-electron chi connectivity index (χ1n) is 4.64. The summed E-state index contributed by atoms with van der Waals surface area (Å²) in [6, 6.07) is 3.98. The van der Waals surface area contributed by atoms with E-state index in [2.05, 4.69) is 10.6 Å². The Labute approximate surface area is 92.9 Å². The number of hydrogen-bond donors (Lipinski definition) is 2. The van der Waals surface area contributed by atoms with E-state index >= 15 is 0 Å². The van der Waals surface area contributed by atoms with Gasteiger partial charge in [0.05, 0.1) is 12.1 Å². The first-order valence-corrected chi connectivity index (χ1v) is 5.52. The third-order valence-corrected chi connectivity index (χ3v) is 2.54. The number of nitriles is 1. The molecule has 1 amide bonds. The first-order chi connectivity index (χ1) is 7.13. The van der Waals surface area contributed by atoms with Crippen LogP contribution in [0.5, 0.6) is 0 Å². The quantitative estimate of drug-likeness (QED) is 0.814. The Morgan fingerprint density at radius 3 is 3.00 bits per heavy atom. The lowest BCUT2D eigenvalue weighted by Gasteiger charge is -2.07. The van der Waals surface area contributed by atoms with Crippen LogP contribution in [-0.2, 0) is 4.79 Å². The number of rotatable bonds is 4. The summed E-state index contributed by atoms with van der Waals surface area (Å²) < 4.78 is 0. The predicted molar refractivity (Wildman–Crippen MR) is 60.8 cm³/mol. The van der Waals surface area contributed by atoms with Crippen LogP contribution in [0.15, 0.2) is 11.4 Å². The molecule has 0 unspecified atom stereocenters. The van der Waals surface area contributed by atoms with E-state index in [-0.39, 0.29) is 18.5 Å². The highest BCUT2D eigenvalue weighted by Crippen LogP contribution is 2.21. The van der Waals surface area contributed by atoms with Crippen LogP contribution in [0.2, 0.25) is 0 Å². The molecule has 0 aliphatic heterocycles. The molecule has 0 aliphatic rings. The van der Waals surface area contributed by atoms with E-state index in [4.69, 9.17) is 5.26 Å². The van der Waals surface area contributed by atoms with Crippen LogP contribution in [0.25, 0.3) is 0 Å². The Hall–Kier alpha value is -1.38. The van der Waals surface area contributed by atoms with Gasteiger partial charge in [-0.3, -0.25) is 4.79 Å². The molecule has 5 heteroatoms. The zero-order chi connectivity index (χ0) is 11.3. The summed E-state index contributed by atoms with van der Waals surface area (Å²) in [5.41, 5.74) is 0.512.